The minimum atomic E-state index is 0.212. The lowest BCUT2D eigenvalue weighted by Gasteiger charge is -2.22. The number of carbonyl (C=O) groups excluding carboxylic acids is 1. The van der Waals surface area contributed by atoms with Crippen LogP contribution in [0.2, 0.25) is 0 Å². The molecule has 0 aromatic carbocycles. The quantitative estimate of drug-likeness (QED) is 0.689. The first kappa shape index (κ1) is 12.5. The van der Waals surface area contributed by atoms with E-state index in [0.29, 0.717) is 12.6 Å². The number of amides is 1. The number of hydrogen-bond donors (Lipinski definition) is 1. The van der Waals surface area contributed by atoms with Gasteiger partial charge in [-0.15, -0.1) is 0 Å². The van der Waals surface area contributed by atoms with Crippen molar-refractivity contribution < 1.29 is 4.79 Å². The van der Waals surface area contributed by atoms with Crippen LogP contribution >= 0.6 is 0 Å². The van der Waals surface area contributed by atoms with Crippen LogP contribution in [0.25, 0.3) is 0 Å². The van der Waals surface area contributed by atoms with Crippen molar-refractivity contribution >= 4 is 5.91 Å². The Balaban J connectivity index is 2.18. The number of nitrogens with two attached hydrogens (primary N) is 1. The fraction of sp³-hybridized carbons (Fsp3) is 0.909. The lowest BCUT2D eigenvalue weighted by molar-refractivity contribution is -0.131. The van der Waals surface area contributed by atoms with Gasteiger partial charge in [0.05, 0.1) is 6.54 Å². The van der Waals surface area contributed by atoms with E-state index in [2.05, 4.69) is 0 Å². The van der Waals surface area contributed by atoms with Gasteiger partial charge in [0.1, 0.15) is 0 Å². The summed E-state index contributed by atoms with van der Waals surface area (Å²) in [4.78, 5) is 15.7. The molecule has 4 nitrogen and oxygen atoms in total. The monoisotopic (exact) mass is 213 g/mol. The van der Waals surface area contributed by atoms with Gasteiger partial charge in [0.15, 0.2) is 0 Å². The zero-order valence-electron chi connectivity index (χ0n) is 10.1. The summed E-state index contributed by atoms with van der Waals surface area (Å²) < 4.78 is 0. The highest BCUT2D eigenvalue weighted by molar-refractivity contribution is 5.78. The van der Waals surface area contributed by atoms with Crippen molar-refractivity contribution in [2.45, 2.75) is 38.3 Å². The summed E-state index contributed by atoms with van der Waals surface area (Å²) >= 11 is 0. The SMILES string of the molecule is CC(N)CCN(C)CC(=O)N(C)C1CC1. The summed E-state index contributed by atoms with van der Waals surface area (Å²) in [6.07, 6.45) is 3.29. The maximum atomic E-state index is 11.7. The Hall–Kier alpha value is -0.610. The van der Waals surface area contributed by atoms with Crippen LogP contribution < -0.4 is 5.73 Å². The van der Waals surface area contributed by atoms with E-state index in [0.717, 1.165) is 13.0 Å². The lowest BCUT2D eigenvalue weighted by atomic mass is 10.2. The molecule has 0 aromatic rings. The largest absolute Gasteiger partial charge is 0.342 e. The highest BCUT2D eigenvalue weighted by atomic mass is 16.2. The molecule has 1 aliphatic carbocycles. The van der Waals surface area contributed by atoms with Crippen LogP contribution in [0.4, 0.5) is 0 Å². The van der Waals surface area contributed by atoms with E-state index >= 15 is 0 Å². The van der Waals surface area contributed by atoms with Gasteiger partial charge in [-0.1, -0.05) is 0 Å². The molecule has 0 aromatic heterocycles. The van der Waals surface area contributed by atoms with Crippen molar-refractivity contribution in [3.8, 4) is 0 Å². The molecule has 1 rings (SSSR count). The summed E-state index contributed by atoms with van der Waals surface area (Å²) in [5.41, 5.74) is 5.67. The lowest BCUT2D eigenvalue weighted by Crippen LogP contribution is -2.38. The van der Waals surface area contributed by atoms with Crippen LogP contribution in [0.15, 0.2) is 0 Å². The van der Waals surface area contributed by atoms with Crippen LogP contribution in [0, 0.1) is 0 Å². The predicted octanol–water partition coefficient (Wildman–Crippen LogP) is 0.276. The minimum Gasteiger partial charge on any atom is -0.342 e. The number of rotatable bonds is 6. The van der Waals surface area contributed by atoms with Crippen LogP contribution in [0.3, 0.4) is 0 Å². The molecule has 1 unspecified atom stereocenters. The number of hydrogen-bond acceptors (Lipinski definition) is 3. The number of carbonyl (C=O) groups is 1. The molecule has 1 aliphatic rings. The van der Waals surface area contributed by atoms with E-state index in [4.69, 9.17) is 5.73 Å². The Morgan fingerprint density at radius 1 is 1.47 bits per heavy atom. The van der Waals surface area contributed by atoms with Gasteiger partial charge in [-0.2, -0.15) is 0 Å². The Kier molecular flexibility index (Phi) is 4.54. The van der Waals surface area contributed by atoms with Gasteiger partial charge in [-0.3, -0.25) is 9.69 Å². The van der Waals surface area contributed by atoms with E-state index in [1.807, 2.05) is 30.8 Å². The van der Waals surface area contributed by atoms with Gasteiger partial charge in [0.2, 0.25) is 5.91 Å². The number of nitrogens with zero attached hydrogens (tertiary/aromatic N) is 2. The minimum absolute atomic E-state index is 0.212. The van der Waals surface area contributed by atoms with E-state index in [1.54, 1.807) is 0 Å². The van der Waals surface area contributed by atoms with Crippen molar-refractivity contribution in [3.63, 3.8) is 0 Å². The second-order valence-electron chi connectivity index (χ2n) is 4.74. The highest BCUT2D eigenvalue weighted by Gasteiger charge is 2.29. The Morgan fingerprint density at radius 3 is 2.53 bits per heavy atom. The average Bonchev–Trinajstić information content (AvgIpc) is 2.96. The maximum absolute atomic E-state index is 11.7. The first-order chi connectivity index (χ1) is 7.00. The first-order valence-corrected chi connectivity index (χ1v) is 5.70. The molecule has 0 saturated heterocycles. The van der Waals surface area contributed by atoms with Gasteiger partial charge in [-0.25, -0.2) is 0 Å². The van der Waals surface area contributed by atoms with E-state index in [1.165, 1.54) is 12.8 Å². The second kappa shape index (κ2) is 5.47. The Labute approximate surface area is 92.4 Å². The van der Waals surface area contributed by atoms with Crippen molar-refractivity contribution in [2.75, 3.05) is 27.2 Å². The molecule has 15 heavy (non-hydrogen) atoms. The van der Waals surface area contributed by atoms with Gasteiger partial charge in [0.25, 0.3) is 0 Å². The normalized spacial score (nSPS) is 17.9. The maximum Gasteiger partial charge on any atom is 0.236 e. The first-order valence-electron chi connectivity index (χ1n) is 5.70. The molecule has 0 spiro atoms. The number of likely N-dealkylation sites (N-methyl/N-ethyl adjacent to an activating group) is 2. The fourth-order valence-corrected chi connectivity index (χ4v) is 1.51. The van der Waals surface area contributed by atoms with E-state index in [9.17, 15) is 4.79 Å². The Morgan fingerprint density at radius 2 is 2.07 bits per heavy atom. The second-order valence-corrected chi connectivity index (χ2v) is 4.74. The zero-order valence-corrected chi connectivity index (χ0v) is 10.1. The molecule has 88 valence electrons. The molecular formula is C11H23N3O. The highest BCUT2D eigenvalue weighted by Crippen LogP contribution is 2.25. The smallest absolute Gasteiger partial charge is 0.236 e. The van der Waals surface area contributed by atoms with Crippen molar-refractivity contribution in [1.82, 2.24) is 9.80 Å². The molecule has 1 saturated carbocycles. The van der Waals surface area contributed by atoms with E-state index < -0.39 is 0 Å². The molecule has 2 N–H and O–H groups in total. The predicted molar refractivity (Wildman–Crippen MR) is 61.6 cm³/mol. The summed E-state index contributed by atoms with van der Waals surface area (Å²) in [6, 6.07) is 0.725. The third kappa shape index (κ3) is 4.62. The third-order valence-corrected chi connectivity index (χ3v) is 2.86. The van der Waals surface area contributed by atoms with Gasteiger partial charge in [-0.05, 0) is 39.8 Å². The molecular weight excluding hydrogens is 190 g/mol. The van der Waals surface area contributed by atoms with Crippen LogP contribution in [-0.2, 0) is 4.79 Å². The molecule has 0 heterocycles. The molecule has 4 heteroatoms. The van der Waals surface area contributed by atoms with E-state index in [-0.39, 0.29) is 11.9 Å². The molecule has 0 aliphatic heterocycles. The molecule has 1 atom stereocenters. The molecule has 1 fully saturated rings. The summed E-state index contributed by atoms with van der Waals surface area (Å²) in [5, 5.41) is 0. The third-order valence-electron chi connectivity index (χ3n) is 2.86. The fourth-order valence-electron chi connectivity index (χ4n) is 1.51. The van der Waals surface area contributed by atoms with Crippen LogP contribution in [-0.4, -0.2) is 55.0 Å². The van der Waals surface area contributed by atoms with Crippen molar-refractivity contribution in [3.05, 3.63) is 0 Å². The topological polar surface area (TPSA) is 49.6 Å². The van der Waals surface area contributed by atoms with Crippen molar-refractivity contribution in [2.24, 2.45) is 5.73 Å². The van der Waals surface area contributed by atoms with Crippen LogP contribution in [0.5, 0.6) is 0 Å². The standard InChI is InChI=1S/C11H23N3O/c1-9(12)6-7-13(2)8-11(15)14(3)10-4-5-10/h9-10H,4-8,12H2,1-3H3. The zero-order chi connectivity index (χ0) is 11.4. The van der Waals surface area contributed by atoms with Gasteiger partial charge in [0, 0.05) is 19.1 Å². The molecule has 1 amide bonds. The van der Waals surface area contributed by atoms with Gasteiger partial charge < -0.3 is 10.6 Å². The van der Waals surface area contributed by atoms with Crippen LogP contribution in [0.1, 0.15) is 26.2 Å². The Bertz CT molecular complexity index is 214. The summed E-state index contributed by atoms with van der Waals surface area (Å²) in [7, 11) is 3.88. The summed E-state index contributed by atoms with van der Waals surface area (Å²) in [6.45, 7) is 3.40. The average molecular weight is 213 g/mol. The molecule has 0 radical (unpaired) electrons. The van der Waals surface area contributed by atoms with Gasteiger partial charge >= 0.3 is 0 Å². The molecule has 0 bridgehead atoms. The van der Waals surface area contributed by atoms with Crippen molar-refractivity contribution in [1.29, 1.82) is 0 Å². The summed E-state index contributed by atoms with van der Waals surface area (Å²) in [5.74, 6) is 0.227.